The van der Waals surface area contributed by atoms with Crippen LogP contribution in [0.1, 0.15) is 36.6 Å². The lowest BCUT2D eigenvalue weighted by molar-refractivity contribution is 0.446. The highest BCUT2D eigenvalue weighted by atomic mass is 15.1. The summed E-state index contributed by atoms with van der Waals surface area (Å²) in [5, 5.41) is 2.55. The van der Waals surface area contributed by atoms with Crippen LogP contribution in [0.15, 0.2) is 54.7 Å². The lowest BCUT2D eigenvalue weighted by Crippen LogP contribution is -2.34. The van der Waals surface area contributed by atoms with Gasteiger partial charge in [-0.1, -0.05) is 55.5 Å². The molecule has 0 aliphatic carbocycles. The van der Waals surface area contributed by atoms with Crippen LogP contribution < -0.4 is 4.90 Å². The van der Waals surface area contributed by atoms with Crippen molar-refractivity contribution in [1.29, 1.82) is 0 Å². The van der Waals surface area contributed by atoms with Gasteiger partial charge in [-0.2, -0.15) is 0 Å². The summed E-state index contributed by atoms with van der Waals surface area (Å²) < 4.78 is 0. The maximum absolute atomic E-state index is 4.63. The van der Waals surface area contributed by atoms with E-state index < -0.39 is 0 Å². The van der Waals surface area contributed by atoms with Crippen LogP contribution in [0.2, 0.25) is 0 Å². The van der Waals surface area contributed by atoms with Crippen LogP contribution in [0.5, 0.6) is 0 Å². The second-order valence-corrected chi connectivity index (χ2v) is 7.49. The number of fused-ring (bicyclic) bond motifs is 1. The molecule has 2 nitrogen and oxygen atoms in total. The number of nitrogens with zero attached hydrogens (tertiary/aromatic N) is 2. The number of rotatable bonds is 3. The van der Waals surface area contributed by atoms with Gasteiger partial charge in [0.2, 0.25) is 0 Å². The van der Waals surface area contributed by atoms with E-state index in [2.05, 4.69) is 84.4 Å². The number of pyridine rings is 1. The first kappa shape index (κ1) is 16.8. The molecule has 1 unspecified atom stereocenters. The number of benzene rings is 2. The largest absolute Gasteiger partial charge is 0.371 e. The second-order valence-electron chi connectivity index (χ2n) is 7.49. The number of piperidine rings is 1. The molecule has 2 heterocycles. The van der Waals surface area contributed by atoms with Crippen molar-refractivity contribution in [3.63, 3.8) is 0 Å². The van der Waals surface area contributed by atoms with Gasteiger partial charge in [0.15, 0.2) is 0 Å². The lowest BCUT2D eigenvalue weighted by Gasteiger charge is -2.33. The summed E-state index contributed by atoms with van der Waals surface area (Å²) in [6, 6.07) is 17.2. The third kappa shape index (κ3) is 3.50. The molecule has 0 N–H and O–H groups in total. The molecule has 1 atom stereocenters. The van der Waals surface area contributed by atoms with Crippen molar-refractivity contribution in [3.8, 4) is 0 Å². The summed E-state index contributed by atoms with van der Waals surface area (Å²) in [5.41, 5.74) is 4.86. The molecule has 4 rings (SSSR count). The minimum absolute atomic E-state index is 0.769. The van der Waals surface area contributed by atoms with Crippen molar-refractivity contribution < 1.29 is 0 Å². The number of anilines is 1. The van der Waals surface area contributed by atoms with Gasteiger partial charge in [0.05, 0.1) is 5.69 Å². The van der Waals surface area contributed by atoms with Crippen molar-refractivity contribution in [1.82, 2.24) is 4.98 Å². The van der Waals surface area contributed by atoms with Gasteiger partial charge < -0.3 is 4.90 Å². The van der Waals surface area contributed by atoms with Crippen LogP contribution in [0, 0.1) is 12.8 Å². The Morgan fingerprint density at radius 1 is 1.08 bits per heavy atom. The van der Waals surface area contributed by atoms with E-state index in [1.54, 1.807) is 0 Å². The average molecular weight is 342 g/mol. The maximum atomic E-state index is 4.63. The smallest absolute Gasteiger partial charge is 0.0650 e. The van der Waals surface area contributed by atoms with E-state index in [-0.39, 0.29) is 0 Å². The second kappa shape index (κ2) is 7.33. The van der Waals surface area contributed by atoms with E-state index >= 15 is 0 Å². The van der Waals surface area contributed by atoms with Crippen LogP contribution in [-0.4, -0.2) is 18.1 Å². The summed E-state index contributed by atoms with van der Waals surface area (Å²) in [6.07, 6.45) is 8.96. The van der Waals surface area contributed by atoms with E-state index in [4.69, 9.17) is 0 Å². The van der Waals surface area contributed by atoms with Crippen LogP contribution >= 0.6 is 0 Å². The minimum atomic E-state index is 0.769. The predicted molar refractivity (Wildman–Crippen MR) is 112 cm³/mol. The Labute approximate surface area is 156 Å². The first-order chi connectivity index (χ1) is 12.7. The fourth-order valence-electron chi connectivity index (χ4n) is 3.94. The highest BCUT2D eigenvalue weighted by molar-refractivity contribution is 5.92. The van der Waals surface area contributed by atoms with Gasteiger partial charge >= 0.3 is 0 Å². The number of hydrogen-bond donors (Lipinski definition) is 0. The lowest BCUT2D eigenvalue weighted by atomic mass is 9.99. The molecular weight excluding hydrogens is 316 g/mol. The highest BCUT2D eigenvalue weighted by Gasteiger charge is 2.18. The first-order valence-electron chi connectivity index (χ1n) is 9.58. The Balaban J connectivity index is 1.64. The van der Waals surface area contributed by atoms with Gasteiger partial charge in [-0.05, 0) is 59.7 Å². The van der Waals surface area contributed by atoms with Crippen molar-refractivity contribution >= 4 is 28.6 Å². The zero-order valence-corrected chi connectivity index (χ0v) is 15.7. The number of hydrogen-bond acceptors (Lipinski definition) is 2. The van der Waals surface area contributed by atoms with Crippen molar-refractivity contribution in [2.24, 2.45) is 5.92 Å². The third-order valence-electron chi connectivity index (χ3n) is 5.35. The zero-order chi connectivity index (χ0) is 17.9. The van der Waals surface area contributed by atoms with Gasteiger partial charge in [0.25, 0.3) is 0 Å². The van der Waals surface area contributed by atoms with Gasteiger partial charge in [-0.3, -0.25) is 4.98 Å². The summed E-state index contributed by atoms with van der Waals surface area (Å²) in [4.78, 5) is 7.16. The molecule has 1 aromatic heterocycles. The SMILES string of the molecule is Cc1cnc(/C=C/c2cccc3ccccc23)cc1N1CCCC(C)C1. The molecule has 1 aliphatic heterocycles. The van der Waals surface area contributed by atoms with Crippen LogP contribution in [0.4, 0.5) is 5.69 Å². The van der Waals surface area contributed by atoms with Crippen molar-refractivity contribution in [3.05, 3.63) is 71.5 Å². The molecule has 0 spiro atoms. The number of aromatic nitrogens is 1. The van der Waals surface area contributed by atoms with E-state index in [1.807, 2.05) is 6.20 Å². The molecule has 0 amide bonds. The molecule has 1 fully saturated rings. The Morgan fingerprint density at radius 3 is 2.81 bits per heavy atom. The highest BCUT2D eigenvalue weighted by Crippen LogP contribution is 2.27. The van der Waals surface area contributed by atoms with E-state index in [0.717, 1.165) is 24.7 Å². The van der Waals surface area contributed by atoms with Crippen molar-refractivity contribution in [2.45, 2.75) is 26.7 Å². The Bertz CT molecular complexity index is 937. The molecule has 0 saturated carbocycles. The Kier molecular flexibility index (Phi) is 4.75. The molecule has 3 aromatic rings. The molecule has 2 heteroatoms. The monoisotopic (exact) mass is 342 g/mol. The molecule has 1 aliphatic rings. The summed E-state index contributed by atoms with van der Waals surface area (Å²) in [5.74, 6) is 0.769. The van der Waals surface area contributed by atoms with Gasteiger partial charge in [-0.25, -0.2) is 0 Å². The van der Waals surface area contributed by atoms with E-state index in [0.29, 0.717) is 0 Å². The maximum Gasteiger partial charge on any atom is 0.0650 e. The normalized spacial score (nSPS) is 17.9. The fraction of sp³-hybridized carbons (Fsp3) is 0.292. The third-order valence-corrected chi connectivity index (χ3v) is 5.35. The van der Waals surface area contributed by atoms with Gasteiger partial charge in [-0.15, -0.1) is 0 Å². The standard InChI is InChI=1S/C24H26N2/c1-18-7-6-14-26(17-18)24-15-22(25-16-19(24)2)13-12-21-10-5-9-20-8-3-4-11-23(20)21/h3-5,8-13,15-16,18H,6-7,14,17H2,1-2H3/b13-12+. The topological polar surface area (TPSA) is 16.1 Å². The summed E-state index contributed by atoms with van der Waals surface area (Å²) in [6.45, 7) is 6.82. The predicted octanol–water partition coefficient (Wildman–Crippen LogP) is 5.95. The Hall–Kier alpha value is -2.61. The molecule has 0 bridgehead atoms. The molecular formula is C24H26N2. The molecule has 132 valence electrons. The fourth-order valence-corrected chi connectivity index (χ4v) is 3.94. The first-order valence-corrected chi connectivity index (χ1v) is 9.58. The quantitative estimate of drug-likeness (QED) is 0.584. The minimum Gasteiger partial charge on any atom is -0.371 e. The van der Waals surface area contributed by atoms with Gasteiger partial charge in [0, 0.05) is 25.0 Å². The number of aryl methyl sites for hydroxylation is 1. The van der Waals surface area contributed by atoms with Crippen LogP contribution in [-0.2, 0) is 0 Å². The summed E-state index contributed by atoms with van der Waals surface area (Å²) in [7, 11) is 0. The zero-order valence-electron chi connectivity index (χ0n) is 15.7. The van der Waals surface area contributed by atoms with Crippen LogP contribution in [0.3, 0.4) is 0 Å². The molecule has 2 aromatic carbocycles. The van der Waals surface area contributed by atoms with E-state index in [9.17, 15) is 0 Å². The molecule has 26 heavy (non-hydrogen) atoms. The van der Waals surface area contributed by atoms with Gasteiger partial charge in [0.1, 0.15) is 0 Å². The summed E-state index contributed by atoms with van der Waals surface area (Å²) >= 11 is 0. The molecule has 0 radical (unpaired) electrons. The van der Waals surface area contributed by atoms with E-state index in [1.165, 1.54) is 40.4 Å². The average Bonchev–Trinajstić information content (AvgIpc) is 2.67. The molecule has 1 saturated heterocycles. The Morgan fingerprint density at radius 2 is 1.92 bits per heavy atom. The van der Waals surface area contributed by atoms with Crippen molar-refractivity contribution in [2.75, 3.05) is 18.0 Å². The van der Waals surface area contributed by atoms with Crippen LogP contribution in [0.25, 0.3) is 22.9 Å².